The Kier molecular flexibility index (Phi) is 10.3. The van der Waals surface area contributed by atoms with Crippen LogP contribution in [0, 0.1) is 16.0 Å². The molecule has 40 heavy (non-hydrogen) atoms. The number of nitrogens with zero attached hydrogens (tertiary/aromatic N) is 3. The van der Waals surface area contributed by atoms with Crippen molar-refractivity contribution < 1.29 is 33.5 Å². The molecule has 214 valence electrons. The van der Waals surface area contributed by atoms with Gasteiger partial charge in [-0.05, 0) is 51.4 Å². The predicted molar refractivity (Wildman–Crippen MR) is 147 cm³/mol. The number of nitro groups is 1. The van der Waals surface area contributed by atoms with Gasteiger partial charge in [-0.25, -0.2) is 9.79 Å². The van der Waals surface area contributed by atoms with Crippen molar-refractivity contribution in [2.24, 2.45) is 10.9 Å². The third-order valence-corrected chi connectivity index (χ3v) is 6.36. The summed E-state index contributed by atoms with van der Waals surface area (Å²) in [5, 5.41) is 14.5. The number of rotatable bonds is 13. The molecule has 1 aliphatic heterocycles. The third kappa shape index (κ3) is 7.41. The van der Waals surface area contributed by atoms with E-state index in [0.29, 0.717) is 35.6 Å². The number of carbonyl (C=O) groups is 3. The maximum absolute atomic E-state index is 13.1. The topological polar surface area (TPSA) is 150 Å². The Bertz CT molecular complexity index is 1270. The summed E-state index contributed by atoms with van der Waals surface area (Å²) in [4.78, 5) is 55.3. The molecule has 0 aromatic heterocycles. The van der Waals surface area contributed by atoms with Crippen molar-refractivity contribution in [1.82, 2.24) is 10.2 Å². The Morgan fingerprint density at radius 1 is 1.12 bits per heavy atom. The summed E-state index contributed by atoms with van der Waals surface area (Å²) < 4.78 is 15.9. The summed E-state index contributed by atoms with van der Waals surface area (Å²) in [6.45, 7) is 5.61. The lowest BCUT2D eigenvalue weighted by molar-refractivity contribution is -0.385. The molecular formula is C28H34N4O8. The molecule has 0 saturated heterocycles. The Labute approximate surface area is 232 Å². The van der Waals surface area contributed by atoms with Gasteiger partial charge in [0.15, 0.2) is 5.78 Å². The number of hydrogen-bond donors (Lipinski definition) is 1. The van der Waals surface area contributed by atoms with Crippen LogP contribution in [0.15, 0.2) is 47.5 Å². The first-order chi connectivity index (χ1) is 19.0. The SMILES string of the molecule is COc1cc(OC)cc(C(=O)CNCCCN2C(=O)N=C(C)C(C(=O)OC(C)C)C2c2cccc([N+](=O)[O-])c2)c1. The van der Waals surface area contributed by atoms with Gasteiger partial charge in [-0.2, -0.15) is 0 Å². The van der Waals surface area contributed by atoms with E-state index < -0.39 is 35.0 Å². The molecule has 3 rings (SSSR count). The molecule has 0 radical (unpaired) electrons. The number of benzene rings is 2. The molecule has 12 heteroatoms. The lowest BCUT2D eigenvalue weighted by atomic mass is 9.86. The zero-order valence-electron chi connectivity index (χ0n) is 23.2. The van der Waals surface area contributed by atoms with E-state index in [1.165, 1.54) is 37.3 Å². The summed E-state index contributed by atoms with van der Waals surface area (Å²) in [5.74, 6) is -0.667. The smallest absolute Gasteiger partial charge is 0.344 e. The molecule has 0 spiro atoms. The van der Waals surface area contributed by atoms with E-state index >= 15 is 0 Å². The number of non-ortho nitro benzene ring substituents is 1. The van der Waals surface area contributed by atoms with E-state index in [0.717, 1.165) is 0 Å². The van der Waals surface area contributed by atoms with Crippen molar-refractivity contribution in [2.75, 3.05) is 33.9 Å². The zero-order chi connectivity index (χ0) is 29.4. The number of amides is 2. The van der Waals surface area contributed by atoms with Gasteiger partial charge in [0, 0.05) is 36.0 Å². The molecule has 2 aromatic rings. The summed E-state index contributed by atoms with van der Waals surface area (Å²) >= 11 is 0. The summed E-state index contributed by atoms with van der Waals surface area (Å²) in [5.41, 5.74) is 0.978. The van der Waals surface area contributed by atoms with Crippen LogP contribution < -0.4 is 14.8 Å². The number of methoxy groups -OCH3 is 2. The second-order valence-corrected chi connectivity index (χ2v) is 9.54. The van der Waals surface area contributed by atoms with Crippen molar-refractivity contribution in [2.45, 2.75) is 39.3 Å². The van der Waals surface area contributed by atoms with Crippen LogP contribution in [-0.4, -0.2) is 73.3 Å². The minimum absolute atomic E-state index is 0.0409. The second kappa shape index (κ2) is 13.7. The fourth-order valence-corrected chi connectivity index (χ4v) is 4.49. The highest BCUT2D eigenvalue weighted by Crippen LogP contribution is 2.36. The van der Waals surface area contributed by atoms with E-state index in [1.807, 2.05) is 0 Å². The van der Waals surface area contributed by atoms with Gasteiger partial charge in [-0.1, -0.05) is 12.1 Å². The molecule has 0 bridgehead atoms. The van der Waals surface area contributed by atoms with E-state index in [-0.39, 0.29) is 30.3 Å². The van der Waals surface area contributed by atoms with Crippen LogP contribution in [0.1, 0.15) is 49.2 Å². The molecule has 0 aliphatic carbocycles. The molecule has 0 saturated carbocycles. The Morgan fingerprint density at radius 3 is 2.40 bits per heavy atom. The highest BCUT2D eigenvalue weighted by Gasteiger charge is 2.43. The average Bonchev–Trinajstić information content (AvgIpc) is 2.92. The van der Waals surface area contributed by atoms with Crippen LogP contribution >= 0.6 is 0 Å². The number of esters is 1. The summed E-state index contributed by atoms with van der Waals surface area (Å²) in [7, 11) is 3.01. The third-order valence-electron chi connectivity index (χ3n) is 6.36. The van der Waals surface area contributed by atoms with E-state index in [9.17, 15) is 24.5 Å². The Hall–Kier alpha value is -4.32. The van der Waals surface area contributed by atoms with E-state index in [1.54, 1.807) is 45.0 Å². The molecule has 0 fully saturated rings. The first-order valence-corrected chi connectivity index (χ1v) is 12.8. The van der Waals surface area contributed by atoms with E-state index in [2.05, 4.69) is 10.3 Å². The second-order valence-electron chi connectivity index (χ2n) is 9.54. The van der Waals surface area contributed by atoms with Gasteiger partial charge in [0.2, 0.25) is 0 Å². The molecule has 2 aromatic carbocycles. The first-order valence-electron chi connectivity index (χ1n) is 12.8. The fourth-order valence-electron chi connectivity index (χ4n) is 4.49. The lowest BCUT2D eigenvalue weighted by Crippen LogP contribution is -2.48. The van der Waals surface area contributed by atoms with Gasteiger partial charge in [0.25, 0.3) is 5.69 Å². The average molecular weight is 555 g/mol. The molecule has 1 aliphatic rings. The van der Waals surface area contributed by atoms with Crippen LogP contribution in [0.25, 0.3) is 0 Å². The number of urea groups is 1. The van der Waals surface area contributed by atoms with Gasteiger partial charge in [0.1, 0.15) is 17.4 Å². The summed E-state index contributed by atoms with van der Waals surface area (Å²) in [6.07, 6.45) is 0.0234. The number of nitrogens with one attached hydrogen (secondary N) is 1. The minimum Gasteiger partial charge on any atom is -0.497 e. The number of hydrogen-bond acceptors (Lipinski definition) is 9. The number of carbonyl (C=O) groups excluding carboxylic acids is 3. The monoisotopic (exact) mass is 554 g/mol. The molecule has 1 heterocycles. The normalized spacial score (nSPS) is 16.9. The van der Waals surface area contributed by atoms with Gasteiger partial charge >= 0.3 is 12.0 Å². The number of ketones is 1. The highest BCUT2D eigenvalue weighted by atomic mass is 16.6. The van der Waals surface area contributed by atoms with Crippen molar-refractivity contribution in [3.8, 4) is 11.5 Å². The van der Waals surface area contributed by atoms with Gasteiger partial charge < -0.3 is 24.4 Å². The summed E-state index contributed by atoms with van der Waals surface area (Å²) in [6, 6.07) is 9.39. The molecule has 2 unspecified atom stereocenters. The molecule has 1 N–H and O–H groups in total. The Balaban J connectivity index is 1.75. The lowest BCUT2D eigenvalue weighted by Gasteiger charge is -2.38. The van der Waals surface area contributed by atoms with Crippen LogP contribution in [0.2, 0.25) is 0 Å². The quantitative estimate of drug-likeness (QED) is 0.127. The van der Waals surface area contributed by atoms with Crippen LogP contribution in [0.3, 0.4) is 0 Å². The van der Waals surface area contributed by atoms with Crippen molar-refractivity contribution in [3.63, 3.8) is 0 Å². The molecule has 2 atom stereocenters. The number of ether oxygens (including phenoxy) is 3. The van der Waals surface area contributed by atoms with Crippen molar-refractivity contribution in [3.05, 3.63) is 63.7 Å². The molecule has 12 nitrogen and oxygen atoms in total. The number of nitro benzene ring substituents is 1. The van der Waals surface area contributed by atoms with Crippen molar-refractivity contribution >= 4 is 29.2 Å². The molecular weight excluding hydrogens is 520 g/mol. The van der Waals surface area contributed by atoms with Gasteiger partial charge in [-0.15, -0.1) is 0 Å². The standard InChI is InChI=1S/C28H34N4O8/c1-17(2)40-27(34)25-18(3)30-28(35)31(26(25)19-8-6-9-21(12-19)32(36)37)11-7-10-29-16-24(33)20-13-22(38-4)15-23(14-20)39-5/h6,8-9,12-15,17,25-26,29H,7,10-11,16H2,1-5H3. The molecule has 2 amide bonds. The predicted octanol–water partition coefficient (Wildman–Crippen LogP) is 3.98. The number of Topliss-reactive ketones (excluding diaryl/α,β-unsaturated/α-hetero) is 1. The van der Waals surface area contributed by atoms with Crippen molar-refractivity contribution in [1.29, 1.82) is 0 Å². The van der Waals surface area contributed by atoms with Gasteiger partial charge in [-0.3, -0.25) is 19.7 Å². The van der Waals surface area contributed by atoms with E-state index in [4.69, 9.17) is 14.2 Å². The minimum atomic E-state index is -0.931. The maximum atomic E-state index is 13.1. The fraction of sp³-hybridized carbons (Fsp3) is 0.429. The number of aliphatic imine (C=N–C) groups is 1. The van der Waals surface area contributed by atoms with Crippen LogP contribution in [-0.2, 0) is 9.53 Å². The highest BCUT2D eigenvalue weighted by molar-refractivity contribution is 6.08. The maximum Gasteiger partial charge on any atom is 0.344 e. The largest absolute Gasteiger partial charge is 0.497 e. The first kappa shape index (κ1) is 30.2. The van der Waals surface area contributed by atoms with Gasteiger partial charge in [0.05, 0.1) is 37.8 Å². The Morgan fingerprint density at radius 2 is 1.80 bits per heavy atom. The van der Waals surface area contributed by atoms with Crippen LogP contribution in [0.4, 0.5) is 10.5 Å². The van der Waals surface area contributed by atoms with Crippen LogP contribution in [0.5, 0.6) is 11.5 Å². The zero-order valence-corrected chi connectivity index (χ0v) is 23.2.